The van der Waals surface area contributed by atoms with Crippen LogP contribution in [0.4, 0.5) is 0 Å². The van der Waals surface area contributed by atoms with Crippen molar-refractivity contribution in [2.75, 3.05) is 31.1 Å². The summed E-state index contributed by atoms with van der Waals surface area (Å²) >= 11 is 0. The normalized spacial score (nSPS) is 16.9. The molecule has 0 aliphatic carbocycles. The first-order valence-corrected chi connectivity index (χ1v) is 8.03. The van der Waals surface area contributed by atoms with E-state index in [4.69, 9.17) is 0 Å². The quantitative estimate of drug-likeness (QED) is 0.742. The van der Waals surface area contributed by atoms with Crippen LogP contribution < -0.4 is 10.6 Å². The Kier molecular flexibility index (Phi) is 8.56. The van der Waals surface area contributed by atoms with E-state index < -0.39 is 9.84 Å². The minimum atomic E-state index is -2.97. The lowest BCUT2D eigenvalue weighted by atomic mass is 9.94. The van der Waals surface area contributed by atoms with E-state index in [9.17, 15) is 13.2 Å². The number of amides is 1. The molecule has 108 valence electrons. The topological polar surface area (TPSA) is 75.3 Å². The van der Waals surface area contributed by atoms with Gasteiger partial charge in [-0.25, -0.2) is 8.42 Å². The van der Waals surface area contributed by atoms with Crippen molar-refractivity contribution in [2.24, 2.45) is 5.92 Å². The molecular formula is C11H23ClN2O3S. The van der Waals surface area contributed by atoms with E-state index in [-0.39, 0.29) is 36.4 Å². The van der Waals surface area contributed by atoms with Crippen LogP contribution in [0, 0.1) is 5.92 Å². The summed E-state index contributed by atoms with van der Waals surface area (Å²) in [4.78, 5) is 11.6. The van der Waals surface area contributed by atoms with Crippen LogP contribution in [0.3, 0.4) is 0 Å². The van der Waals surface area contributed by atoms with Crippen molar-refractivity contribution in [1.82, 2.24) is 10.6 Å². The fourth-order valence-corrected chi connectivity index (χ4v) is 2.61. The lowest BCUT2D eigenvalue weighted by Crippen LogP contribution is -2.34. The summed E-state index contributed by atoms with van der Waals surface area (Å²) in [5.41, 5.74) is 0. The third-order valence-corrected chi connectivity index (χ3v) is 4.81. The van der Waals surface area contributed by atoms with Gasteiger partial charge in [-0.1, -0.05) is 6.92 Å². The lowest BCUT2D eigenvalue weighted by Gasteiger charge is -2.21. The fraction of sp³-hybridized carbons (Fsp3) is 0.909. The SMILES string of the molecule is CCS(=O)(=O)CCNC(=O)CC1CCNCC1.Cl. The zero-order chi connectivity index (χ0) is 12.7. The second kappa shape index (κ2) is 8.72. The number of rotatable bonds is 6. The Labute approximate surface area is 115 Å². The van der Waals surface area contributed by atoms with Crippen molar-refractivity contribution in [3.63, 3.8) is 0 Å². The van der Waals surface area contributed by atoms with Gasteiger partial charge in [0.1, 0.15) is 0 Å². The summed E-state index contributed by atoms with van der Waals surface area (Å²) in [7, 11) is -2.97. The molecule has 1 saturated heterocycles. The number of halogens is 1. The lowest BCUT2D eigenvalue weighted by molar-refractivity contribution is -0.122. The summed E-state index contributed by atoms with van der Waals surface area (Å²) in [6.07, 6.45) is 2.58. The smallest absolute Gasteiger partial charge is 0.220 e. The molecule has 1 rings (SSSR count). The maximum absolute atomic E-state index is 11.6. The van der Waals surface area contributed by atoms with Gasteiger partial charge >= 0.3 is 0 Å². The highest BCUT2D eigenvalue weighted by Crippen LogP contribution is 2.15. The molecule has 5 nitrogen and oxygen atoms in total. The summed E-state index contributed by atoms with van der Waals surface area (Å²) in [5.74, 6) is 0.598. The van der Waals surface area contributed by atoms with Gasteiger partial charge in [0.05, 0.1) is 5.75 Å². The summed E-state index contributed by atoms with van der Waals surface area (Å²) in [6.45, 7) is 3.80. The zero-order valence-corrected chi connectivity index (χ0v) is 12.4. The van der Waals surface area contributed by atoms with Crippen LogP contribution in [-0.2, 0) is 14.6 Å². The van der Waals surface area contributed by atoms with Gasteiger partial charge in [0, 0.05) is 18.7 Å². The Morgan fingerprint density at radius 2 is 1.94 bits per heavy atom. The van der Waals surface area contributed by atoms with Crippen molar-refractivity contribution < 1.29 is 13.2 Å². The molecule has 2 N–H and O–H groups in total. The van der Waals surface area contributed by atoms with Crippen LogP contribution in [0.25, 0.3) is 0 Å². The Morgan fingerprint density at radius 1 is 1.33 bits per heavy atom. The predicted molar refractivity (Wildman–Crippen MR) is 74.8 cm³/mol. The van der Waals surface area contributed by atoms with Crippen molar-refractivity contribution >= 4 is 28.2 Å². The molecular weight excluding hydrogens is 276 g/mol. The van der Waals surface area contributed by atoms with Gasteiger partial charge in [-0.15, -0.1) is 12.4 Å². The van der Waals surface area contributed by atoms with E-state index in [1.807, 2.05) is 0 Å². The summed E-state index contributed by atoms with van der Waals surface area (Å²) in [6, 6.07) is 0. The Balaban J connectivity index is 0.00000289. The van der Waals surface area contributed by atoms with E-state index in [2.05, 4.69) is 10.6 Å². The predicted octanol–water partition coefficient (Wildman–Crippen LogP) is 0.349. The van der Waals surface area contributed by atoms with E-state index in [1.54, 1.807) is 6.92 Å². The second-order valence-electron chi connectivity index (χ2n) is 4.48. The Bertz CT molecular complexity index is 340. The van der Waals surface area contributed by atoms with Gasteiger partial charge in [-0.2, -0.15) is 0 Å². The minimum Gasteiger partial charge on any atom is -0.355 e. The van der Waals surface area contributed by atoms with Crippen LogP contribution in [0.2, 0.25) is 0 Å². The molecule has 0 spiro atoms. The maximum Gasteiger partial charge on any atom is 0.220 e. The van der Waals surface area contributed by atoms with E-state index in [0.717, 1.165) is 25.9 Å². The molecule has 18 heavy (non-hydrogen) atoms. The molecule has 0 radical (unpaired) electrons. The maximum atomic E-state index is 11.6. The molecule has 0 unspecified atom stereocenters. The number of hydrogen-bond donors (Lipinski definition) is 2. The standard InChI is InChI=1S/C11H22N2O3S.ClH/c1-2-17(15,16)8-7-13-11(14)9-10-3-5-12-6-4-10;/h10,12H,2-9H2,1H3,(H,13,14);1H. The van der Waals surface area contributed by atoms with Crippen molar-refractivity contribution in [3.05, 3.63) is 0 Å². The first-order chi connectivity index (χ1) is 8.03. The molecule has 1 aliphatic rings. The third-order valence-electron chi connectivity index (χ3n) is 3.11. The molecule has 0 aromatic heterocycles. The average molecular weight is 299 g/mol. The minimum absolute atomic E-state index is 0. The largest absolute Gasteiger partial charge is 0.355 e. The number of nitrogens with one attached hydrogen (secondary N) is 2. The highest BCUT2D eigenvalue weighted by atomic mass is 35.5. The van der Waals surface area contributed by atoms with Gasteiger partial charge in [-0.05, 0) is 31.8 Å². The molecule has 1 aliphatic heterocycles. The van der Waals surface area contributed by atoms with Crippen molar-refractivity contribution in [1.29, 1.82) is 0 Å². The molecule has 1 amide bonds. The van der Waals surface area contributed by atoms with Crippen LogP contribution in [0.5, 0.6) is 0 Å². The van der Waals surface area contributed by atoms with E-state index in [0.29, 0.717) is 12.3 Å². The molecule has 0 bridgehead atoms. The van der Waals surface area contributed by atoms with Crippen LogP contribution >= 0.6 is 12.4 Å². The zero-order valence-electron chi connectivity index (χ0n) is 10.8. The Hall–Kier alpha value is -0.330. The number of carbonyl (C=O) groups is 1. The number of hydrogen-bond acceptors (Lipinski definition) is 4. The van der Waals surface area contributed by atoms with Crippen LogP contribution in [-0.4, -0.2) is 45.5 Å². The molecule has 7 heteroatoms. The van der Waals surface area contributed by atoms with Gasteiger partial charge in [0.25, 0.3) is 0 Å². The van der Waals surface area contributed by atoms with Crippen LogP contribution in [0.1, 0.15) is 26.2 Å². The first kappa shape index (κ1) is 17.7. The molecule has 0 aromatic carbocycles. The van der Waals surface area contributed by atoms with Gasteiger partial charge in [-0.3, -0.25) is 4.79 Å². The van der Waals surface area contributed by atoms with Crippen molar-refractivity contribution in [2.45, 2.75) is 26.2 Å². The monoisotopic (exact) mass is 298 g/mol. The van der Waals surface area contributed by atoms with Crippen molar-refractivity contribution in [3.8, 4) is 0 Å². The molecule has 0 saturated carbocycles. The van der Waals surface area contributed by atoms with E-state index >= 15 is 0 Å². The van der Waals surface area contributed by atoms with E-state index in [1.165, 1.54) is 0 Å². The number of piperidine rings is 1. The Morgan fingerprint density at radius 3 is 2.50 bits per heavy atom. The highest BCUT2D eigenvalue weighted by Gasteiger charge is 2.16. The van der Waals surface area contributed by atoms with Crippen LogP contribution in [0.15, 0.2) is 0 Å². The second-order valence-corrected chi connectivity index (χ2v) is 6.96. The molecule has 0 aromatic rings. The summed E-state index contributed by atoms with van der Waals surface area (Å²) < 4.78 is 22.4. The van der Waals surface area contributed by atoms with Gasteiger partial charge in [0.15, 0.2) is 9.84 Å². The molecule has 1 fully saturated rings. The van der Waals surface area contributed by atoms with Gasteiger partial charge in [0.2, 0.25) is 5.91 Å². The third kappa shape index (κ3) is 7.18. The molecule has 0 atom stereocenters. The fourth-order valence-electron chi connectivity index (χ4n) is 1.91. The molecule has 1 heterocycles. The number of carbonyl (C=O) groups excluding carboxylic acids is 1. The highest BCUT2D eigenvalue weighted by molar-refractivity contribution is 7.91. The average Bonchev–Trinajstić information content (AvgIpc) is 2.30. The van der Waals surface area contributed by atoms with Gasteiger partial charge < -0.3 is 10.6 Å². The first-order valence-electron chi connectivity index (χ1n) is 6.21. The summed E-state index contributed by atoms with van der Waals surface area (Å²) in [5, 5.41) is 5.93. The number of sulfone groups is 1.